The standard InChI is InChI=1S/C29H21N3O5S/c33-26(30-19-14-12-18(13-15-19)28-32-24-10-3-4-11-25(24)37-28)17-38-21-7-5-6-20(16-21)31-27(34)22-8-1-2-9-23(22)29(35)36/h1-16H,17H2,(H,30,33)(H,31,34)(H,35,36). The zero-order valence-electron chi connectivity index (χ0n) is 19.9. The van der Waals surface area contributed by atoms with E-state index in [4.69, 9.17) is 4.42 Å². The number of fused-ring (bicyclic) bond motifs is 1. The molecule has 0 fully saturated rings. The minimum atomic E-state index is -1.17. The SMILES string of the molecule is O=C(CSc1cccc(NC(=O)c2ccccc2C(=O)O)c1)Nc1ccc(-c2nc3ccccc3o2)cc1. The maximum Gasteiger partial charge on any atom is 0.336 e. The summed E-state index contributed by atoms with van der Waals surface area (Å²) >= 11 is 1.31. The number of nitrogens with zero attached hydrogens (tertiary/aromatic N) is 1. The summed E-state index contributed by atoms with van der Waals surface area (Å²) in [5.41, 5.74) is 3.44. The number of benzene rings is 4. The Hall–Kier alpha value is -4.89. The second kappa shape index (κ2) is 11.0. The van der Waals surface area contributed by atoms with Gasteiger partial charge in [-0.05, 0) is 66.7 Å². The minimum absolute atomic E-state index is 0.0690. The Morgan fingerprint density at radius 3 is 2.29 bits per heavy atom. The third kappa shape index (κ3) is 5.74. The smallest absolute Gasteiger partial charge is 0.336 e. The van der Waals surface area contributed by atoms with Crippen molar-refractivity contribution in [3.63, 3.8) is 0 Å². The largest absolute Gasteiger partial charge is 0.478 e. The summed E-state index contributed by atoms with van der Waals surface area (Å²) in [7, 11) is 0. The average Bonchev–Trinajstić information content (AvgIpc) is 3.37. The first-order chi connectivity index (χ1) is 18.5. The third-order valence-corrected chi connectivity index (χ3v) is 6.57. The van der Waals surface area contributed by atoms with Crippen LogP contribution in [0, 0.1) is 0 Å². The Kier molecular flexibility index (Phi) is 7.19. The van der Waals surface area contributed by atoms with Gasteiger partial charge in [0.1, 0.15) is 5.52 Å². The molecule has 9 heteroatoms. The van der Waals surface area contributed by atoms with Gasteiger partial charge in [-0.3, -0.25) is 9.59 Å². The number of aromatic nitrogens is 1. The zero-order valence-corrected chi connectivity index (χ0v) is 20.7. The molecule has 0 aliphatic heterocycles. The molecule has 0 unspecified atom stereocenters. The highest BCUT2D eigenvalue weighted by Gasteiger charge is 2.16. The zero-order chi connectivity index (χ0) is 26.5. The number of carboxylic acid groups (broad SMARTS) is 1. The van der Waals surface area contributed by atoms with E-state index in [0.29, 0.717) is 22.8 Å². The minimum Gasteiger partial charge on any atom is -0.478 e. The van der Waals surface area contributed by atoms with Crippen molar-refractivity contribution in [1.29, 1.82) is 0 Å². The van der Waals surface area contributed by atoms with E-state index in [9.17, 15) is 19.5 Å². The van der Waals surface area contributed by atoms with Gasteiger partial charge in [-0.1, -0.05) is 30.3 Å². The molecular weight excluding hydrogens is 502 g/mol. The van der Waals surface area contributed by atoms with Crippen LogP contribution in [0.2, 0.25) is 0 Å². The Labute approximate surface area is 221 Å². The van der Waals surface area contributed by atoms with Crippen LogP contribution < -0.4 is 10.6 Å². The first-order valence-corrected chi connectivity index (χ1v) is 12.6. The molecule has 5 rings (SSSR count). The third-order valence-electron chi connectivity index (χ3n) is 5.57. The van der Waals surface area contributed by atoms with Gasteiger partial charge >= 0.3 is 5.97 Å². The van der Waals surface area contributed by atoms with Crippen molar-refractivity contribution in [1.82, 2.24) is 4.98 Å². The average molecular weight is 524 g/mol. The predicted molar refractivity (Wildman–Crippen MR) is 147 cm³/mol. The van der Waals surface area contributed by atoms with Crippen LogP contribution in [0.15, 0.2) is 106 Å². The van der Waals surface area contributed by atoms with Crippen LogP contribution in [0.3, 0.4) is 0 Å². The van der Waals surface area contributed by atoms with E-state index in [1.54, 1.807) is 42.5 Å². The number of anilines is 2. The molecule has 1 aromatic heterocycles. The summed E-state index contributed by atoms with van der Waals surface area (Å²) in [6.45, 7) is 0. The molecule has 38 heavy (non-hydrogen) atoms. The molecule has 0 aliphatic carbocycles. The number of rotatable bonds is 8. The maximum atomic E-state index is 12.6. The van der Waals surface area contributed by atoms with Gasteiger partial charge in [-0.25, -0.2) is 9.78 Å². The number of thioether (sulfide) groups is 1. The van der Waals surface area contributed by atoms with E-state index in [-0.39, 0.29) is 22.8 Å². The number of amides is 2. The molecule has 3 N–H and O–H groups in total. The first kappa shape index (κ1) is 24.8. The van der Waals surface area contributed by atoms with Crippen molar-refractivity contribution in [2.45, 2.75) is 4.90 Å². The number of hydrogen-bond donors (Lipinski definition) is 3. The van der Waals surface area contributed by atoms with Crippen molar-refractivity contribution < 1.29 is 23.9 Å². The van der Waals surface area contributed by atoms with Crippen molar-refractivity contribution in [2.24, 2.45) is 0 Å². The highest BCUT2D eigenvalue weighted by atomic mass is 32.2. The van der Waals surface area contributed by atoms with Crippen LogP contribution in [-0.2, 0) is 4.79 Å². The topological polar surface area (TPSA) is 122 Å². The number of aromatic carboxylic acids is 1. The number of nitrogens with one attached hydrogen (secondary N) is 2. The van der Waals surface area contributed by atoms with E-state index in [1.165, 1.54) is 23.9 Å². The fourth-order valence-corrected chi connectivity index (χ4v) is 4.52. The van der Waals surface area contributed by atoms with Crippen molar-refractivity contribution >= 4 is 52.0 Å². The number of carboxylic acids is 1. The van der Waals surface area contributed by atoms with E-state index < -0.39 is 11.9 Å². The van der Waals surface area contributed by atoms with Gasteiger partial charge in [0.2, 0.25) is 11.8 Å². The van der Waals surface area contributed by atoms with E-state index >= 15 is 0 Å². The molecule has 0 radical (unpaired) electrons. The molecule has 0 spiro atoms. The quantitative estimate of drug-likeness (QED) is 0.208. The van der Waals surface area contributed by atoms with Gasteiger partial charge in [-0.2, -0.15) is 0 Å². The summed E-state index contributed by atoms with van der Waals surface area (Å²) in [5.74, 6) is -1.21. The van der Waals surface area contributed by atoms with Gasteiger partial charge in [0.05, 0.1) is 16.9 Å². The van der Waals surface area contributed by atoms with E-state index in [1.807, 2.05) is 42.5 Å². The molecule has 4 aromatic carbocycles. The molecule has 5 aromatic rings. The van der Waals surface area contributed by atoms with Gasteiger partial charge in [0, 0.05) is 21.8 Å². The molecule has 0 aliphatic rings. The Morgan fingerprint density at radius 2 is 1.53 bits per heavy atom. The molecule has 2 amide bonds. The molecule has 0 saturated heterocycles. The summed E-state index contributed by atoms with van der Waals surface area (Å²) in [4.78, 5) is 41.8. The van der Waals surface area contributed by atoms with Crippen LogP contribution in [-0.4, -0.2) is 33.6 Å². The Bertz CT molecular complexity index is 1610. The lowest BCUT2D eigenvalue weighted by Gasteiger charge is -2.09. The number of hydrogen-bond acceptors (Lipinski definition) is 6. The second-order valence-electron chi connectivity index (χ2n) is 8.23. The molecular formula is C29H21N3O5S. The predicted octanol–water partition coefficient (Wildman–Crippen LogP) is 6.18. The number of para-hydroxylation sites is 2. The lowest BCUT2D eigenvalue weighted by atomic mass is 10.1. The van der Waals surface area contributed by atoms with Gasteiger partial charge in [0.25, 0.3) is 5.91 Å². The van der Waals surface area contributed by atoms with E-state index in [2.05, 4.69) is 15.6 Å². The van der Waals surface area contributed by atoms with Crippen molar-refractivity contribution in [2.75, 3.05) is 16.4 Å². The Morgan fingerprint density at radius 1 is 0.789 bits per heavy atom. The summed E-state index contributed by atoms with van der Waals surface area (Å²) in [6.07, 6.45) is 0. The van der Waals surface area contributed by atoms with Crippen LogP contribution in [0.5, 0.6) is 0 Å². The monoisotopic (exact) mass is 523 g/mol. The highest BCUT2D eigenvalue weighted by Crippen LogP contribution is 2.26. The normalized spacial score (nSPS) is 10.7. The fraction of sp³-hybridized carbons (Fsp3) is 0.0345. The molecule has 0 bridgehead atoms. The van der Waals surface area contributed by atoms with Gasteiger partial charge < -0.3 is 20.2 Å². The van der Waals surface area contributed by atoms with E-state index in [0.717, 1.165) is 16.0 Å². The Balaban J connectivity index is 1.17. The molecule has 0 atom stereocenters. The highest BCUT2D eigenvalue weighted by molar-refractivity contribution is 8.00. The number of carbonyl (C=O) groups is 3. The number of oxazole rings is 1. The molecule has 0 saturated carbocycles. The molecule has 188 valence electrons. The summed E-state index contributed by atoms with van der Waals surface area (Å²) < 4.78 is 5.78. The van der Waals surface area contributed by atoms with Crippen molar-refractivity contribution in [3.8, 4) is 11.5 Å². The van der Waals surface area contributed by atoms with Crippen LogP contribution in [0.25, 0.3) is 22.6 Å². The number of carbonyl (C=O) groups excluding carboxylic acids is 2. The maximum absolute atomic E-state index is 12.6. The lowest BCUT2D eigenvalue weighted by molar-refractivity contribution is -0.113. The molecule has 1 heterocycles. The summed E-state index contributed by atoms with van der Waals surface area (Å²) in [6, 6.07) is 27.8. The second-order valence-corrected chi connectivity index (χ2v) is 9.28. The van der Waals surface area contributed by atoms with Gasteiger partial charge in [-0.15, -0.1) is 11.8 Å². The van der Waals surface area contributed by atoms with Gasteiger partial charge in [0.15, 0.2) is 5.58 Å². The van der Waals surface area contributed by atoms with Crippen LogP contribution >= 0.6 is 11.8 Å². The van der Waals surface area contributed by atoms with Crippen LogP contribution in [0.1, 0.15) is 20.7 Å². The summed E-state index contributed by atoms with van der Waals surface area (Å²) in [5, 5.41) is 14.9. The van der Waals surface area contributed by atoms with Crippen molar-refractivity contribution in [3.05, 3.63) is 108 Å². The molecule has 8 nitrogen and oxygen atoms in total. The fourth-order valence-electron chi connectivity index (χ4n) is 3.77. The first-order valence-electron chi connectivity index (χ1n) is 11.6. The van der Waals surface area contributed by atoms with Crippen LogP contribution in [0.4, 0.5) is 11.4 Å². The lowest BCUT2D eigenvalue weighted by Crippen LogP contribution is -2.16.